The maximum absolute atomic E-state index is 8.11. The zero-order chi connectivity index (χ0) is 10.6. The third kappa shape index (κ3) is 3.32. The molecule has 0 aliphatic heterocycles. The highest BCUT2D eigenvalue weighted by Gasteiger charge is 2.20. The molecule has 82 valence electrons. The molecular formula is C12H24N2. The highest BCUT2D eigenvalue weighted by Crippen LogP contribution is 2.25. The van der Waals surface area contributed by atoms with E-state index in [1.54, 1.807) is 0 Å². The van der Waals surface area contributed by atoms with Crippen LogP contribution in [0.4, 0.5) is 0 Å². The number of nitrogens with one attached hydrogen (secondary N) is 1. The first-order chi connectivity index (χ1) is 6.61. The fraction of sp³-hybridized carbons (Fsp3) is 0.917. The first kappa shape index (κ1) is 11.5. The molecule has 1 saturated carbocycles. The van der Waals surface area contributed by atoms with Crippen LogP contribution in [0.25, 0.3) is 0 Å². The second-order valence-electron chi connectivity index (χ2n) is 4.99. The Labute approximate surface area is 88.2 Å². The summed E-state index contributed by atoms with van der Waals surface area (Å²) in [5.41, 5.74) is 0. The molecule has 0 spiro atoms. The molecule has 0 aromatic carbocycles. The van der Waals surface area contributed by atoms with Crippen LogP contribution in [-0.4, -0.2) is 24.3 Å². The summed E-state index contributed by atoms with van der Waals surface area (Å²) in [6.07, 6.45) is 6.49. The van der Waals surface area contributed by atoms with Crippen molar-refractivity contribution in [2.45, 2.75) is 46.0 Å². The number of hydrogen-bond acceptors (Lipinski definition) is 1. The monoisotopic (exact) mass is 196 g/mol. The summed E-state index contributed by atoms with van der Waals surface area (Å²) in [7, 11) is 2.07. The van der Waals surface area contributed by atoms with Crippen molar-refractivity contribution in [1.29, 1.82) is 5.41 Å². The Morgan fingerprint density at radius 3 is 2.36 bits per heavy atom. The quantitative estimate of drug-likeness (QED) is 0.545. The molecule has 2 nitrogen and oxygen atoms in total. The number of amidine groups is 1. The molecule has 0 aromatic rings. The highest BCUT2D eigenvalue weighted by molar-refractivity contribution is 5.81. The lowest BCUT2D eigenvalue weighted by atomic mass is 9.88. The lowest BCUT2D eigenvalue weighted by Crippen LogP contribution is -2.35. The number of nitrogens with zero attached hydrogens (tertiary/aromatic N) is 1. The SMILES string of the molecule is CC(C)CN(C)C(=N)C1CCCCC1. The Bertz CT molecular complexity index is 181. The minimum atomic E-state index is 0.549. The van der Waals surface area contributed by atoms with Crippen LogP contribution in [-0.2, 0) is 0 Å². The standard InChI is InChI=1S/C12H24N2/c1-10(2)9-14(3)12(13)11-7-5-4-6-8-11/h10-11,13H,4-9H2,1-3H3. The fourth-order valence-corrected chi connectivity index (χ4v) is 2.33. The van der Waals surface area contributed by atoms with E-state index in [-0.39, 0.29) is 0 Å². The average Bonchev–Trinajstić information content (AvgIpc) is 2.17. The molecule has 14 heavy (non-hydrogen) atoms. The topological polar surface area (TPSA) is 27.1 Å². The van der Waals surface area contributed by atoms with Gasteiger partial charge in [-0.2, -0.15) is 0 Å². The molecule has 0 aromatic heterocycles. The van der Waals surface area contributed by atoms with Gasteiger partial charge in [0.1, 0.15) is 0 Å². The average molecular weight is 196 g/mol. The van der Waals surface area contributed by atoms with E-state index < -0.39 is 0 Å². The Hall–Kier alpha value is -0.530. The van der Waals surface area contributed by atoms with Gasteiger partial charge in [0.05, 0.1) is 5.84 Å². The van der Waals surface area contributed by atoms with Crippen LogP contribution >= 0.6 is 0 Å². The van der Waals surface area contributed by atoms with Gasteiger partial charge in [-0.15, -0.1) is 0 Å². The molecule has 0 atom stereocenters. The lowest BCUT2D eigenvalue weighted by molar-refractivity contribution is 0.361. The van der Waals surface area contributed by atoms with Crippen LogP contribution in [0.1, 0.15) is 46.0 Å². The number of hydrogen-bond donors (Lipinski definition) is 1. The fourth-order valence-electron chi connectivity index (χ4n) is 2.33. The van der Waals surface area contributed by atoms with Crippen molar-refractivity contribution in [2.24, 2.45) is 11.8 Å². The summed E-state index contributed by atoms with van der Waals surface area (Å²) in [4.78, 5) is 2.14. The van der Waals surface area contributed by atoms with E-state index in [9.17, 15) is 0 Å². The molecule has 0 radical (unpaired) electrons. The molecule has 1 rings (SSSR count). The number of rotatable bonds is 3. The van der Waals surface area contributed by atoms with Crippen LogP contribution in [0.5, 0.6) is 0 Å². The summed E-state index contributed by atoms with van der Waals surface area (Å²) in [5.74, 6) is 2.08. The molecule has 0 saturated heterocycles. The first-order valence-electron chi connectivity index (χ1n) is 5.91. The Kier molecular flexibility index (Phi) is 4.43. The van der Waals surface area contributed by atoms with Gasteiger partial charge in [0.15, 0.2) is 0 Å². The third-order valence-electron chi connectivity index (χ3n) is 3.04. The minimum absolute atomic E-state index is 0.549. The smallest absolute Gasteiger partial charge is 0.0986 e. The molecule has 1 fully saturated rings. The second-order valence-corrected chi connectivity index (χ2v) is 4.99. The molecule has 0 heterocycles. The van der Waals surface area contributed by atoms with E-state index in [2.05, 4.69) is 25.8 Å². The molecule has 1 aliphatic carbocycles. The largest absolute Gasteiger partial charge is 0.363 e. The summed E-state index contributed by atoms with van der Waals surface area (Å²) in [5, 5.41) is 8.11. The van der Waals surface area contributed by atoms with E-state index in [0.717, 1.165) is 12.4 Å². The predicted octanol–water partition coefficient (Wildman–Crippen LogP) is 3.13. The molecule has 0 bridgehead atoms. The van der Waals surface area contributed by atoms with Crippen LogP contribution < -0.4 is 0 Å². The van der Waals surface area contributed by atoms with Gasteiger partial charge in [-0.3, -0.25) is 5.41 Å². The summed E-state index contributed by atoms with van der Waals surface area (Å²) < 4.78 is 0. The van der Waals surface area contributed by atoms with Gasteiger partial charge in [0.2, 0.25) is 0 Å². The van der Waals surface area contributed by atoms with Crippen molar-refractivity contribution < 1.29 is 0 Å². The van der Waals surface area contributed by atoms with Gasteiger partial charge in [0, 0.05) is 19.5 Å². The zero-order valence-electron chi connectivity index (χ0n) is 9.84. The maximum Gasteiger partial charge on any atom is 0.0986 e. The van der Waals surface area contributed by atoms with E-state index in [4.69, 9.17) is 5.41 Å². The van der Waals surface area contributed by atoms with Gasteiger partial charge < -0.3 is 4.90 Å². The molecule has 2 heteroatoms. The Morgan fingerprint density at radius 1 is 1.29 bits per heavy atom. The van der Waals surface area contributed by atoms with E-state index >= 15 is 0 Å². The highest BCUT2D eigenvalue weighted by atomic mass is 15.1. The third-order valence-corrected chi connectivity index (χ3v) is 3.04. The second kappa shape index (κ2) is 5.38. The van der Waals surface area contributed by atoms with Gasteiger partial charge in [-0.1, -0.05) is 33.1 Å². The van der Waals surface area contributed by atoms with E-state index in [1.807, 2.05) is 0 Å². The van der Waals surface area contributed by atoms with Gasteiger partial charge >= 0.3 is 0 Å². The Morgan fingerprint density at radius 2 is 1.86 bits per heavy atom. The minimum Gasteiger partial charge on any atom is -0.363 e. The predicted molar refractivity (Wildman–Crippen MR) is 61.8 cm³/mol. The lowest BCUT2D eigenvalue weighted by Gasteiger charge is -2.30. The van der Waals surface area contributed by atoms with Crippen molar-refractivity contribution in [3.05, 3.63) is 0 Å². The Balaban J connectivity index is 2.38. The first-order valence-corrected chi connectivity index (χ1v) is 5.91. The van der Waals surface area contributed by atoms with Crippen molar-refractivity contribution in [3.63, 3.8) is 0 Å². The van der Waals surface area contributed by atoms with E-state index in [0.29, 0.717) is 11.8 Å². The van der Waals surface area contributed by atoms with Crippen LogP contribution in [0.2, 0.25) is 0 Å². The normalized spacial score (nSPS) is 18.6. The zero-order valence-corrected chi connectivity index (χ0v) is 9.84. The van der Waals surface area contributed by atoms with Crippen molar-refractivity contribution in [3.8, 4) is 0 Å². The van der Waals surface area contributed by atoms with Crippen LogP contribution in [0, 0.1) is 17.2 Å². The van der Waals surface area contributed by atoms with Crippen molar-refractivity contribution >= 4 is 5.84 Å². The molecule has 0 unspecified atom stereocenters. The summed E-state index contributed by atoms with van der Waals surface area (Å²) in [6, 6.07) is 0. The summed E-state index contributed by atoms with van der Waals surface area (Å²) in [6.45, 7) is 5.45. The molecule has 0 amide bonds. The van der Waals surface area contributed by atoms with Crippen LogP contribution in [0.15, 0.2) is 0 Å². The van der Waals surface area contributed by atoms with Crippen molar-refractivity contribution in [1.82, 2.24) is 4.90 Å². The van der Waals surface area contributed by atoms with E-state index in [1.165, 1.54) is 32.1 Å². The van der Waals surface area contributed by atoms with Gasteiger partial charge in [-0.25, -0.2) is 0 Å². The molecular weight excluding hydrogens is 172 g/mol. The van der Waals surface area contributed by atoms with Gasteiger partial charge in [0.25, 0.3) is 0 Å². The summed E-state index contributed by atoms with van der Waals surface area (Å²) >= 11 is 0. The molecule has 1 N–H and O–H groups in total. The van der Waals surface area contributed by atoms with Gasteiger partial charge in [-0.05, 0) is 18.8 Å². The molecule has 1 aliphatic rings. The van der Waals surface area contributed by atoms with Crippen molar-refractivity contribution in [2.75, 3.05) is 13.6 Å². The van der Waals surface area contributed by atoms with Crippen LogP contribution in [0.3, 0.4) is 0 Å². The maximum atomic E-state index is 8.11.